The molecule has 5 heteroatoms. The van der Waals surface area contributed by atoms with E-state index < -0.39 is 0 Å². The molecule has 1 amide bonds. The molecule has 0 unspecified atom stereocenters. The summed E-state index contributed by atoms with van der Waals surface area (Å²) in [6, 6.07) is 5.36. The summed E-state index contributed by atoms with van der Waals surface area (Å²) < 4.78 is 10.4. The maximum atomic E-state index is 11.5. The predicted molar refractivity (Wildman–Crippen MR) is 70.9 cm³/mol. The summed E-state index contributed by atoms with van der Waals surface area (Å²) in [5.74, 6) is 0.484. The molecule has 1 N–H and O–H groups in total. The molecule has 1 aromatic carbocycles. The van der Waals surface area contributed by atoms with Crippen LogP contribution in [0, 0.1) is 0 Å². The van der Waals surface area contributed by atoms with Crippen LogP contribution in [0.5, 0.6) is 5.75 Å². The maximum absolute atomic E-state index is 11.5. The second-order valence-electron chi connectivity index (χ2n) is 4.06. The number of benzene rings is 1. The molecule has 0 heterocycles. The largest absolute Gasteiger partial charge is 0.496 e. The van der Waals surface area contributed by atoms with Crippen LogP contribution in [0.1, 0.15) is 19.4 Å². The molecule has 100 valence electrons. The van der Waals surface area contributed by atoms with Crippen LogP contribution in [0.3, 0.4) is 0 Å². The van der Waals surface area contributed by atoms with Gasteiger partial charge in [0.05, 0.1) is 13.2 Å². The number of nitrogens with one attached hydrogen (secondary N) is 1. The zero-order chi connectivity index (χ0) is 13.5. The Balaban J connectivity index is 2.55. The van der Waals surface area contributed by atoms with Gasteiger partial charge in [-0.25, -0.2) is 0 Å². The molecule has 1 aromatic rings. The van der Waals surface area contributed by atoms with Gasteiger partial charge in [0.2, 0.25) is 5.91 Å². The fourth-order valence-electron chi connectivity index (χ4n) is 1.38. The number of carbonyl (C=O) groups excluding carboxylic acids is 1. The van der Waals surface area contributed by atoms with Crippen LogP contribution in [0.4, 0.5) is 0 Å². The molecule has 0 spiro atoms. The average molecular weight is 272 g/mol. The minimum absolute atomic E-state index is 0.0330. The number of amides is 1. The zero-order valence-corrected chi connectivity index (χ0v) is 11.6. The first-order valence-electron chi connectivity index (χ1n) is 5.74. The van der Waals surface area contributed by atoms with E-state index in [9.17, 15) is 4.79 Å². The normalized spacial score (nSPS) is 10.5. The molecule has 0 bridgehead atoms. The molecule has 0 saturated heterocycles. The molecular weight excluding hydrogens is 254 g/mol. The van der Waals surface area contributed by atoms with E-state index in [-0.39, 0.29) is 18.6 Å². The van der Waals surface area contributed by atoms with Gasteiger partial charge in [0.25, 0.3) is 0 Å². The van der Waals surface area contributed by atoms with Crippen LogP contribution in [0.2, 0.25) is 5.02 Å². The van der Waals surface area contributed by atoms with Crippen LogP contribution in [0.15, 0.2) is 18.2 Å². The van der Waals surface area contributed by atoms with Crippen molar-refractivity contribution in [3.8, 4) is 5.75 Å². The average Bonchev–Trinajstić information content (AvgIpc) is 2.34. The number of methoxy groups -OCH3 is 1. The standard InChI is InChI=1S/C13H18ClNO3/c1-9(2)18-8-13(16)15-7-10-11(14)5-4-6-12(10)17-3/h4-6,9H,7-8H2,1-3H3,(H,15,16). The fraction of sp³-hybridized carbons (Fsp3) is 0.462. The Kier molecular flexibility index (Phi) is 5.95. The van der Waals surface area contributed by atoms with Gasteiger partial charge in [-0.3, -0.25) is 4.79 Å². The first-order chi connectivity index (χ1) is 8.54. The molecule has 0 saturated carbocycles. The lowest BCUT2D eigenvalue weighted by Gasteiger charge is -2.12. The van der Waals surface area contributed by atoms with Crippen molar-refractivity contribution in [1.82, 2.24) is 5.32 Å². The molecule has 4 nitrogen and oxygen atoms in total. The van der Waals surface area contributed by atoms with Gasteiger partial charge in [0.1, 0.15) is 12.4 Å². The summed E-state index contributed by atoms with van der Waals surface area (Å²) in [4.78, 5) is 11.5. The van der Waals surface area contributed by atoms with Gasteiger partial charge in [-0.15, -0.1) is 0 Å². The van der Waals surface area contributed by atoms with E-state index >= 15 is 0 Å². The molecule has 0 aliphatic heterocycles. The highest BCUT2D eigenvalue weighted by Gasteiger charge is 2.09. The van der Waals surface area contributed by atoms with Crippen molar-refractivity contribution < 1.29 is 14.3 Å². The third-order valence-electron chi connectivity index (χ3n) is 2.31. The first-order valence-corrected chi connectivity index (χ1v) is 6.12. The highest BCUT2D eigenvalue weighted by Crippen LogP contribution is 2.25. The minimum atomic E-state index is -0.175. The molecule has 0 aromatic heterocycles. The van der Waals surface area contributed by atoms with Crippen molar-refractivity contribution in [1.29, 1.82) is 0 Å². The van der Waals surface area contributed by atoms with Crippen LogP contribution in [0.25, 0.3) is 0 Å². The molecule has 0 fully saturated rings. The lowest BCUT2D eigenvalue weighted by molar-refractivity contribution is -0.127. The summed E-state index contributed by atoms with van der Waals surface area (Å²) in [6.07, 6.45) is 0.0330. The minimum Gasteiger partial charge on any atom is -0.496 e. The summed E-state index contributed by atoms with van der Waals surface area (Å²) in [5, 5.41) is 3.31. The lowest BCUT2D eigenvalue weighted by Crippen LogP contribution is -2.28. The van der Waals surface area contributed by atoms with Gasteiger partial charge in [-0.1, -0.05) is 17.7 Å². The van der Waals surface area contributed by atoms with E-state index in [1.807, 2.05) is 13.8 Å². The smallest absolute Gasteiger partial charge is 0.246 e. The van der Waals surface area contributed by atoms with Crippen LogP contribution < -0.4 is 10.1 Å². The number of hydrogen-bond donors (Lipinski definition) is 1. The van der Waals surface area contributed by atoms with Gasteiger partial charge in [0.15, 0.2) is 0 Å². The Morgan fingerprint density at radius 3 is 2.78 bits per heavy atom. The number of carbonyl (C=O) groups is 1. The SMILES string of the molecule is COc1cccc(Cl)c1CNC(=O)COC(C)C. The van der Waals surface area contributed by atoms with Gasteiger partial charge >= 0.3 is 0 Å². The molecular formula is C13H18ClNO3. The fourth-order valence-corrected chi connectivity index (χ4v) is 1.61. The quantitative estimate of drug-likeness (QED) is 0.864. The van der Waals surface area contributed by atoms with Gasteiger partial charge in [-0.2, -0.15) is 0 Å². The van der Waals surface area contributed by atoms with Crippen LogP contribution in [-0.4, -0.2) is 25.7 Å². The van der Waals surface area contributed by atoms with Gasteiger partial charge in [0, 0.05) is 17.1 Å². The monoisotopic (exact) mass is 271 g/mol. The molecule has 0 aliphatic rings. The zero-order valence-electron chi connectivity index (χ0n) is 10.8. The Labute approximate surface area is 112 Å². The van der Waals surface area contributed by atoms with E-state index in [1.165, 1.54) is 0 Å². The number of halogens is 1. The second kappa shape index (κ2) is 7.24. The molecule has 0 atom stereocenters. The first kappa shape index (κ1) is 14.8. The second-order valence-corrected chi connectivity index (χ2v) is 4.46. The van der Waals surface area contributed by atoms with E-state index in [4.69, 9.17) is 21.1 Å². The highest BCUT2D eigenvalue weighted by molar-refractivity contribution is 6.31. The Bertz CT molecular complexity index is 407. The van der Waals surface area contributed by atoms with Crippen molar-refractivity contribution in [2.24, 2.45) is 0 Å². The van der Waals surface area contributed by atoms with Crippen molar-refractivity contribution in [3.05, 3.63) is 28.8 Å². The maximum Gasteiger partial charge on any atom is 0.246 e. The highest BCUT2D eigenvalue weighted by atomic mass is 35.5. The Morgan fingerprint density at radius 2 is 2.17 bits per heavy atom. The number of rotatable bonds is 6. The summed E-state index contributed by atoms with van der Waals surface area (Å²) in [6.45, 7) is 4.13. The summed E-state index contributed by atoms with van der Waals surface area (Å²) in [7, 11) is 1.57. The van der Waals surface area contributed by atoms with Crippen molar-refractivity contribution in [2.75, 3.05) is 13.7 Å². The van der Waals surface area contributed by atoms with Crippen LogP contribution in [-0.2, 0) is 16.1 Å². The Morgan fingerprint density at radius 1 is 1.44 bits per heavy atom. The topological polar surface area (TPSA) is 47.6 Å². The van der Waals surface area contributed by atoms with Crippen molar-refractivity contribution in [2.45, 2.75) is 26.5 Å². The number of hydrogen-bond acceptors (Lipinski definition) is 3. The van der Waals surface area contributed by atoms with E-state index in [1.54, 1.807) is 25.3 Å². The van der Waals surface area contributed by atoms with E-state index in [2.05, 4.69) is 5.32 Å². The van der Waals surface area contributed by atoms with E-state index in [0.717, 1.165) is 5.56 Å². The summed E-state index contributed by atoms with van der Waals surface area (Å²) >= 11 is 6.06. The number of ether oxygens (including phenoxy) is 2. The molecule has 0 radical (unpaired) electrons. The molecule has 0 aliphatic carbocycles. The molecule has 1 rings (SSSR count). The molecule has 18 heavy (non-hydrogen) atoms. The van der Waals surface area contributed by atoms with Gasteiger partial charge in [-0.05, 0) is 26.0 Å². The summed E-state index contributed by atoms with van der Waals surface area (Å²) in [5.41, 5.74) is 0.763. The lowest BCUT2D eigenvalue weighted by atomic mass is 10.2. The van der Waals surface area contributed by atoms with Crippen molar-refractivity contribution in [3.63, 3.8) is 0 Å². The van der Waals surface area contributed by atoms with Gasteiger partial charge < -0.3 is 14.8 Å². The van der Waals surface area contributed by atoms with Crippen LogP contribution >= 0.6 is 11.6 Å². The Hall–Kier alpha value is -1.26. The van der Waals surface area contributed by atoms with Crippen molar-refractivity contribution >= 4 is 17.5 Å². The third kappa shape index (κ3) is 4.55. The predicted octanol–water partition coefficient (Wildman–Crippen LogP) is 2.39. The third-order valence-corrected chi connectivity index (χ3v) is 2.66. The van der Waals surface area contributed by atoms with E-state index in [0.29, 0.717) is 17.3 Å².